The topological polar surface area (TPSA) is 0 Å². The van der Waals surface area contributed by atoms with E-state index in [1.165, 1.54) is 22.3 Å². The van der Waals surface area contributed by atoms with Crippen LogP contribution in [0.15, 0.2) is 121 Å². The number of hydrogen-bond donors (Lipinski definition) is 0. The molecule has 30 heavy (non-hydrogen) atoms. The van der Waals surface area contributed by atoms with E-state index in [0.29, 0.717) is 11.8 Å². The molecule has 0 nitrogen and oxygen atoms in total. The van der Waals surface area contributed by atoms with Crippen molar-refractivity contribution in [2.75, 3.05) is 0 Å². The minimum Gasteiger partial charge on any atom is -0.0622 e. The van der Waals surface area contributed by atoms with Crippen LogP contribution in [0.3, 0.4) is 0 Å². The smallest absolute Gasteiger partial charge is 0.0244 e. The van der Waals surface area contributed by atoms with Crippen LogP contribution in [0.1, 0.15) is 22.3 Å². The number of rotatable bonds is 9. The molecule has 4 rings (SSSR count). The van der Waals surface area contributed by atoms with Gasteiger partial charge >= 0.3 is 0 Å². The molecule has 0 aliphatic carbocycles. The van der Waals surface area contributed by atoms with Gasteiger partial charge in [-0.2, -0.15) is 0 Å². The maximum absolute atomic E-state index is 2.28. The van der Waals surface area contributed by atoms with Gasteiger partial charge in [0, 0.05) is 0 Å². The second-order valence-corrected chi connectivity index (χ2v) is 8.28. The molecule has 0 spiro atoms. The Morgan fingerprint density at radius 1 is 0.300 bits per heavy atom. The largest absolute Gasteiger partial charge is 0.0622 e. The highest BCUT2D eigenvalue weighted by Gasteiger charge is 2.23. The summed E-state index contributed by atoms with van der Waals surface area (Å²) in [6.07, 6.45) is 4.44. The van der Waals surface area contributed by atoms with Crippen molar-refractivity contribution in [3.8, 4) is 0 Å². The van der Waals surface area contributed by atoms with Crippen molar-refractivity contribution in [3.63, 3.8) is 0 Å². The van der Waals surface area contributed by atoms with Gasteiger partial charge in [0.1, 0.15) is 0 Å². The van der Waals surface area contributed by atoms with Gasteiger partial charge in [0.25, 0.3) is 0 Å². The molecule has 0 amide bonds. The molecular weight excluding hydrogens is 360 g/mol. The minimum absolute atomic E-state index is 0.579. The Bertz CT molecular complexity index is 807. The van der Waals surface area contributed by atoms with E-state index in [0.717, 1.165) is 25.7 Å². The van der Waals surface area contributed by atoms with Gasteiger partial charge in [-0.3, -0.25) is 0 Å². The van der Waals surface area contributed by atoms with Gasteiger partial charge in [-0.05, 0) is 59.8 Å². The molecule has 0 heterocycles. The first-order valence-corrected chi connectivity index (χ1v) is 11.0. The fourth-order valence-electron chi connectivity index (χ4n) is 4.48. The van der Waals surface area contributed by atoms with Crippen molar-refractivity contribution in [2.24, 2.45) is 11.8 Å². The summed E-state index contributed by atoms with van der Waals surface area (Å²) >= 11 is 0. The average Bonchev–Trinajstić information content (AvgIpc) is 2.81. The highest BCUT2D eigenvalue weighted by Crippen LogP contribution is 2.29. The van der Waals surface area contributed by atoms with Crippen LogP contribution in [0.5, 0.6) is 0 Å². The van der Waals surface area contributed by atoms with Gasteiger partial charge in [-0.25, -0.2) is 0 Å². The molecular formula is C30H30. The Balaban J connectivity index is 1.64. The van der Waals surface area contributed by atoms with Gasteiger partial charge in [0.15, 0.2) is 0 Å². The Morgan fingerprint density at radius 2 is 0.500 bits per heavy atom. The summed E-state index contributed by atoms with van der Waals surface area (Å²) in [5.41, 5.74) is 5.74. The zero-order valence-electron chi connectivity index (χ0n) is 17.5. The van der Waals surface area contributed by atoms with Crippen LogP contribution in [0.4, 0.5) is 0 Å². The lowest BCUT2D eigenvalue weighted by atomic mass is 9.76. The van der Waals surface area contributed by atoms with Crippen LogP contribution in [-0.2, 0) is 25.7 Å². The molecule has 0 aliphatic rings. The molecule has 4 aromatic carbocycles. The monoisotopic (exact) mass is 390 g/mol. The molecule has 0 N–H and O–H groups in total. The third kappa shape index (κ3) is 5.94. The maximum Gasteiger partial charge on any atom is -0.0244 e. The first-order valence-electron chi connectivity index (χ1n) is 11.0. The Kier molecular flexibility index (Phi) is 7.12. The normalized spacial score (nSPS) is 11.1. The Morgan fingerprint density at radius 3 is 0.700 bits per heavy atom. The summed E-state index contributed by atoms with van der Waals surface area (Å²) in [6.45, 7) is 0. The van der Waals surface area contributed by atoms with Crippen LogP contribution < -0.4 is 0 Å². The van der Waals surface area contributed by atoms with Crippen LogP contribution in [0.2, 0.25) is 0 Å². The Labute approximate surface area is 181 Å². The predicted octanol–water partition coefficient (Wildman–Crippen LogP) is 7.19. The minimum atomic E-state index is 0.579. The van der Waals surface area contributed by atoms with E-state index in [2.05, 4.69) is 121 Å². The van der Waals surface area contributed by atoms with Crippen molar-refractivity contribution in [1.82, 2.24) is 0 Å². The number of hydrogen-bond acceptors (Lipinski definition) is 0. The molecule has 0 unspecified atom stereocenters. The van der Waals surface area contributed by atoms with Crippen molar-refractivity contribution in [1.29, 1.82) is 0 Å². The summed E-state index contributed by atoms with van der Waals surface area (Å²) in [5, 5.41) is 0. The molecule has 0 atom stereocenters. The predicted molar refractivity (Wildman–Crippen MR) is 128 cm³/mol. The summed E-state index contributed by atoms with van der Waals surface area (Å²) < 4.78 is 0. The Hall–Kier alpha value is -3.12. The summed E-state index contributed by atoms with van der Waals surface area (Å²) in [4.78, 5) is 0. The van der Waals surface area contributed by atoms with Gasteiger partial charge in [-0.15, -0.1) is 0 Å². The van der Waals surface area contributed by atoms with Gasteiger partial charge in [0.05, 0.1) is 0 Å². The lowest BCUT2D eigenvalue weighted by molar-refractivity contribution is 0.322. The van der Waals surface area contributed by atoms with E-state index in [-0.39, 0.29) is 0 Å². The summed E-state index contributed by atoms with van der Waals surface area (Å²) in [7, 11) is 0. The van der Waals surface area contributed by atoms with E-state index >= 15 is 0 Å². The SMILES string of the molecule is c1ccc(CC(Cc2ccccc2)C(Cc2ccccc2)Cc2ccccc2)cc1. The lowest BCUT2D eigenvalue weighted by Gasteiger charge is -2.28. The lowest BCUT2D eigenvalue weighted by Crippen LogP contribution is -2.24. The van der Waals surface area contributed by atoms with E-state index in [4.69, 9.17) is 0 Å². The molecule has 0 radical (unpaired) electrons. The molecule has 0 aliphatic heterocycles. The fourth-order valence-corrected chi connectivity index (χ4v) is 4.48. The van der Waals surface area contributed by atoms with Gasteiger partial charge < -0.3 is 0 Å². The molecule has 150 valence electrons. The maximum atomic E-state index is 2.28. The zero-order chi connectivity index (χ0) is 20.4. The average molecular weight is 391 g/mol. The highest BCUT2D eigenvalue weighted by atomic mass is 14.3. The van der Waals surface area contributed by atoms with Crippen molar-refractivity contribution >= 4 is 0 Å². The van der Waals surface area contributed by atoms with E-state index in [9.17, 15) is 0 Å². The second kappa shape index (κ2) is 10.6. The third-order valence-electron chi connectivity index (χ3n) is 6.03. The first kappa shape index (κ1) is 20.2. The van der Waals surface area contributed by atoms with Gasteiger partial charge in [-0.1, -0.05) is 121 Å². The van der Waals surface area contributed by atoms with Crippen molar-refractivity contribution in [2.45, 2.75) is 25.7 Å². The highest BCUT2D eigenvalue weighted by molar-refractivity contribution is 5.22. The second-order valence-electron chi connectivity index (χ2n) is 8.28. The van der Waals surface area contributed by atoms with Crippen LogP contribution in [0.25, 0.3) is 0 Å². The first-order chi connectivity index (χ1) is 14.9. The van der Waals surface area contributed by atoms with Crippen LogP contribution in [0, 0.1) is 11.8 Å². The quantitative estimate of drug-likeness (QED) is 0.284. The van der Waals surface area contributed by atoms with E-state index < -0.39 is 0 Å². The molecule has 0 saturated heterocycles. The van der Waals surface area contributed by atoms with Crippen molar-refractivity contribution in [3.05, 3.63) is 144 Å². The zero-order valence-corrected chi connectivity index (χ0v) is 17.5. The standard InChI is InChI=1S/C30H30/c1-5-13-25(14-6-1)21-29(22-26-15-7-2-8-16-26)30(23-27-17-9-3-10-18-27)24-28-19-11-4-12-20-28/h1-20,29-30H,21-24H2. The van der Waals surface area contributed by atoms with Crippen molar-refractivity contribution < 1.29 is 0 Å². The molecule has 4 aromatic rings. The van der Waals surface area contributed by atoms with Gasteiger partial charge in [0.2, 0.25) is 0 Å². The van der Waals surface area contributed by atoms with E-state index in [1.54, 1.807) is 0 Å². The van der Waals surface area contributed by atoms with E-state index in [1.807, 2.05) is 0 Å². The number of benzene rings is 4. The molecule has 0 aromatic heterocycles. The van der Waals surface area contributed by atoms with Crippen LogP contribution >= 0.6 is 0 Å². The molecule has 0 heteroatoms. The summed E-state index contributed by atoms with van der Waals surface area (Å²) in [6, 6.07) is 44.0. The fraction of sp³-hybridized carbons (Fsp3) is 0.200. The summed E-state index contributed by atoms with van der Waals surface area (Å²) in [5.74, 6) is 1.16. The molecule has 0 fully saturated rings. The third-order valence-corrected chi connectivity index (χ3v) is 6.03. The molecule has 0 saturated carbocycles. The molecule has 0 bridgehead atoms. The van der Waals surface area contributed by atoms with Crippen LogP contribution in [-0.4, -0.2) is 0 Å².